The molecule has 1 saturated carbocycles. The second-order valence-electron chi connectivity index (χ2n) is 18.1. The molecule has 2 aromatic carbocycles. The molecule has 0 radical (unpaired) electrons. The summed E-state index contributed by atoms with van der Waals surface area (Å²) in [6, 6.07) is 18.9. The van der Waals surface area contributed by atoms with Crippen molar-refractivity contribution >= 4 is 46.1 Å². The number of phenolic OH excluding ortho intramolecular Hbond substituents is 1. The number of likely N-dealkylation sites (tertiary alicyclic amines) is 2. The van der Waals surface area contributed by atoms with Crippen LogP contribution in [0.15, 0.2) is 73.1 Å². The fourth-order valence-electron chi connectivity index (χ4n) is 10.1. The van der Waals surface area contributed by atoms with Gasteiger partial charge in [0.25, 0.3) is 5.91 Å². The number of hydrogen-bond donors (Lipinski definition) is 3. The number of nitrogen functional groups attached to an aromatic ring is 1. The minimum Gasteiger partial charge on any atom is -0.507 e. The molecule has 0 bridgehead atoms. The fraction of sp³-hybridized carbons (Fsp3) is 0.458. The summed E-state index contributed by atoms with van der Waals surface area (Å²) in [7, 11) is 0. The molecule has 328 valence electrons. The van der Waals surface area contributed by atoms with Gasteiger partial charge in [-0.3, -0.25) is 19.8 Å². The third kappa shape index (κ3) is 8.43. The molecule has 4 aliphatic heterocycles. The number of ether oxygens (including phenoxy) is 1. The Morgan fingerprint density at radius 1 is 0.921 bits per heavy atom. The zero-order valence-corrected chi connectivity index (χ0v) is 35.9. The molecular formula is C48H56N10O5. The molecule has 63 heavy (non-hydrogen) atoms. The van der Waals surface area contributed by atoms with Gasteiger partial charge in [-0.05, 0) is 104 Å². The van der Waals surface area contributed by atoms with Crippen LogP contribution in [0.2, 0.25) is 0 Å². The van der Waals surface area contributed by atoms with Gasteiger partial charge >= 0.3 is 6.03 Å². The van der Waals surface area contributed by atoms with Gasteiger partial charge in [0.2, 0.25) is 5.91 Å². The van der Waals surface area contributed by atoms with Crippen LogP contribution in [0.25, 0.3) is 22.3 Å². The Morgan fingerprint density at radius 2 is 1.70 bits per heavy atom. The number of benzene rings is 2. The summed E-state index contributed by atoms with van der Waals surface area (Å²) in [5.74, 6) is 1.40. The standard InChI is InChI=1S/C48H56N10O5/c1-2-36-27-56(41-24-40(52-53-45(41)49)37-5-3-4-6-42(37)59)29-43(63-36)32-9-11-33(12-10-32)47(61)55-20-13-30(14-21-55)26-54-18-15-34(16-19-54)58-28-39(31-7-8-31)38-23-35(25-50-46(38)58)57-22-17-44(60)51-48(57)62/h3-6,9-12,23-25,28,30-31,34,36,43,59H,2,7-8,13-22,26-27,29H2,1H3,(H2,49,53)(H,51,60,62)/t36-,43-/m0/s1. The van der Waals surface area contributed by atoms with Gasteiger partial charge in [-0.2, -0.15) is 0 Å². The van der Waals surface area contributed by atoms with E-state index in [0.717, 1.165) is 92.8 Å². The SMILES string of the molecule is CC[C@H]1CN(c2cc(-c3ccccc3O)nnc2N)C[C@@H](c2ccc(C(=O)N3CCC(CN4CCC(n5cc(C6CC6)c6cc(N7CCC(=O)NC7=O)cnc65)CC4)CC3)cc2)O1. The molecular weight excluding hydrogens is 797 g/mol. The summed E-state index contributed by atoms with van der Waals surface area (Å²) in [4.78, 5) is 51.4. The number of nitrogens with one attached hydrogen (secondary N) is 1. The Labute approximate surface area is 367 Å². The first-order valence-electron chi connectivity index (χ1n) is 22.7. The number of imide groups is 1. The lowest BCUT2D eigenvalue weighted by Crippen LogP contribution is -2.49. The molecule has 4 amide bonds. The highest BCUT2D eigenvalue weighted by molar-refractivity contribution is 6.06. The van der Waals surface area contributed by atoms with Gasteiger partial charge in [0, 0.05) is 87.5 Å². The number of phenols is 1. The molecule has 5 aliphatic rings. The largest absolute Gasteiger partial charge is 0.507 e. The van der Waals surface area contributed by atoms with Gasteiger partial charge in [-0.1, -0.05) is 31.2 Å². The molecule has 4 saturated heterocycles. The van der Waals surface area contributed by atoms with Gasteiger partial charge in [-0.15, -0.1) is 10.2 Å². The number of aromatic nitrogens is 4. The number of carbonyl (C=O) groups is 3. The van der Waals surface area contributed by atoms with Crippen LogP contribution in [0, 0.1) is 5.92 Å². The Hall–Kier alpha value is -6.06. The van der Waals surface area contributed by atoms with E-state index in [-0.39, 0.29) is 35.8 Å². The lowest BCUT2D eigenvalue weighted by Gasteiger charge is -2.39. The highest BCUT2D eigenvalue weighted by atomic mass is 16.5. The lowest BCUT2D eigenvalue weighted by molar-refractivity contribution is -0.120. The predicted molar refractivity (Wildman–Crippen MR) is 241 cm³/mol. The van der Waals surface area contributed by atoms with Crippen molar-refractivity contribution in [1.82, 2.24) is 34.9 Å². The number of anilines is 3. The first kappa shape index (κ1) is 41.0. The topological polar surface area (TPSA) is 175 Å². The van der Waals surface area contributed by atoms with Crippen LogP contribution in [-0.2, 0) is 9.53 Å². The van der Waals surface area contributed by atoms with E-state index in [2.05, 4.69) is 49.1 Å². The number of nitrogens with zero attached hydrogens (tertiary/aromatic N) is 8. The number of morpholine rings is 1. The van der Waals surface area contributed by atoms with E-state index < -0.39 is 0 Å². The zero-order valence-electron chi connectivity index (χ0n) is 35.9. The van der Waals surface area contributed by atoms with E-state index in [0.29, 0.717) is 66.6 Å². The summed E-state index contributed by atoms with van der Waals surface area (Å²) < 4.78 is 8.94. The number of nitrogens with two attached hydrogens (primary N) is 1. The monoisotopic (exact) mass is 852 g/mol. The van der Waals surface area contributed by atoms with E-state index in [1.165, 1.54) is 18.4 Å². The summed E-state index contributed by atoms with van der Waals surface area (Å²) >= 11 is 0. The van der Waals surface area contributed by atoms with Crippen molar-refractivity contribution in [1.29, 1.82) is 0 Å². The zero-order chi connectivity index (χ0) is 43.2. The van der Waals surface area contributed by atoms with Crippen LogP contribution < -0.4 is 20.9 Å². The first-order chi connectivity index (χ1) is 30.7. The molecule has 15 nitrogen and oxygen atoms in total. The average molecular weight is 853 g/mol. The highest BCUT2D eigenvalue weighted by Crippen LogP contribution is 2.45. The molecule has 1 aliphatic carbocycles. The predicted octanol–water partition coefficient (Wildman–Crippen LogP) is 6.65. The van der Waals surface area contributed by atoms with Gasteiger partial charge < -0.3 is 34.8 Å². The maximum absolute atomic E-state index is 13.8. The number of rotatable bonds is 10. The molecule has 5 aromatic rings. The molecule has 0 unspecified atom stereocenters. The van der Waals surface area contributed by atoms with Crippen LogP contribution in [0.4, 0.5) is 22.0 Å². The van der Waals surface area contributed by atoms with E-state index in [1.54, 1.807) is 23.2 Å². The minimum absolute atomic E-state index is 0.0292. The third-order valence-corrected chi connectivity index (χ3v) is 13.9. The summed E-state index contributed by atoms with van der Waals surface area (Å²) in [5.41, 5.74) is 13.0. The number of para-hydroxylation sites is 1. The Morgan fingerprint density at radius 3 is 2.43 bits per heavy atom. The quantitative estimate of drug-likeness (QED) is 0.137. The molecule has 7 heterocycles. The van der Waals surface area contributed by atoms with Crippen molar-refractivity contribution in [3.05, 3.63) is 89.7 Å². The van der Waals surface area contributed by atoms with Crippen molar-refractivity contribution in [3.63, 3.8) is 0 Å². The summed E-state index contributed by atoms with van der Waals surface area (Å²) in [6.45, 7) is 8.31. The lowest BCUT2D eigenvalue weighted by atomic mass is 9.94. The molecule has 10 rings (SSSR count). The van der Waals surface area contributed by atoms with E-state index in [4.69, 9.17) is 15.5 Å². The molecule has 0 spiro atoms. The highest BCUT2D eigenvalue weighted by Gasteiger charge is 2.34. The number of urea groups is 1. The third-order valence-electron chi connectivity index (χ3n) is 13.9. The molecule has 5 fully saturated rings. The second kappa shape index (κ2) is 17.2. The Kier molecular flexibility index (Phi) is 11.2. The molecule has 3 aromatic heterocycles. The number of aromatic hydroxyl groups is 1. The maximum Gasteiger partial charge on any atom is 0.328 e. The van der Waals surface area contributed by atoms with Crippen molar-refractivity contribution in [2.24, 2.45) is 5.92 Å². The normalized spacial score (nSPS) is 21.9. The van der Waals surface area contributed by atoms with Crippen LogP contribution in [0.1, 0.15) is 97.8 Å². The number of pyridine rings is 1. The van der Waals surface area contributed by atoms with E-state index in [1.807, 2.05) is 47.4 Å². The van der Waals surface area contributed by atoms with Gasteiger partial charge in [0.1, 0.15) is 17.5 Å². The number of hydrogen-bond acceptors (Lipinski definition) is 11. The fourth-order valence-corrected chi connectivity index (χ4v) is 10.1. The van der Waals surface area contributed by atoms with Crippen LogP contribution >= 0.6 is 0 Å². The Bertz CT molecular complexity index is 2510. The van der Waals surface area contributed by atoms with Crippen LogP contribution in [0.3, 0.4) is 0 Å². The second-order valence-corrected chi connectivity index (χ2v) is 18.1. The summed E-state index contributed by atoms with van der Waals surface area (Å²) in [6.07, 6.45) is 11.4. The van der Waals surface area contributed by atoms with E-state index in [9.17, 15) is 19.5 Å². The van der Waals surface area contributed by atoms with Crippen molar-refractivity contribution in [2.45, 2.75) is 82.5 Å². The molecule has 15 heteroatoms. The van der Waals surface area contributed by atoms with Gasteiger partial charge in [0.05, 0.1) is 29.4 Å². The Balaban J connectivity index is 0.726. The number of piperidine rings is 2. The van der Waals surface area contributed by atoms with Crippen LogP contribution in [-0.4, -0.2) is 111 Å². The van der Waals surface area contributed by atoms with E-state index >= 15 is 0 Å². The van der Waals surface area contributed by atoms with Crippen molar-refractivity contribution < 1.29 is 24.2 Å². The smallest absolute Gasteiger partial charge is 0.328 e. The first-order valence-corrected chi connectivity index (χ1v) is 22.7. The molecule has 2 atom stereocenters. The minimum atomic E-state index is -0.380. The molecule has 4 N–H and O–H groups in total. The number of carbonyl (C=O) groups excluding carboxylic acids is 3. The van der Waals surface area contributed by atoms with Gasteiger partial charge in [0.15, 0.2) is 5.82 Å². The van der Waals surface area contributed by atoms with Crippen molar-refractivity contribution in [3.8, 4) is 17.0 Å². The summed E-state index contributed by atoms with van der Waals surface area (Å²) in [5, 5.41) is 22.5. The average Bonchev–Trinajstić information content (AvgIpc) is 4.09. The van der Waals surface area contributed by atoms with Gasteiger partial charge in [-0.25, -0.2) is 9.78 Å². The van der Waals surface area contributed by atoms with Crippen LogP contribution in [0.5, 0.6) is 5.75 Å². The number of amides is 4. The van der Waals surface area contributed by atoms with Crippen molar-refractivity contribution in [2.75, 3.05) is 67.9 Å². The number of fused-ring (bicyclic) bond motifs is 1. The maximum atomic E-state index is 13.8.